The summed E-state index contributed by atoms with van der Waals surface area (Å²) in [7, 11) is 1.37. The molecule has 11 rings (SSSR count). The minimum absolute atomic E-state index is 0. The summed E-state index contributed by atoms with van der Waals surface area (Å²) in [5.41, 5.74) is 8.94. The number of hydrogen-bond acceptors (Lipinski definition) is 15. The fourth-order valence-electron chi connectivity index (χ4n) is 15.8. The van der Waals surface area contributed by atoms with Crippen LogP contribution in [0.25, 0.3) is 102 Å². The van der Waals surface area contributed by atoms with Gasteiger partial charge in [0.05, 0.1) is 52.6 Å². The Balaban J connectivity index is 0.00000684. The maximum absolute atomic E-state index is 17.2. The second-order valence-electron chi connectivity index (χ2n) is 30.5. The predicted octanol–water partition coefficient (Wildman–Crippen LogP) is 33.2. The van der Waals surface area contributed by atoms with Crippen LogP contribution in [0.3, 0.4) is 0 Å². The Bertz CT molecular complexity index is 4490. The SMILES string of the molecule is CCCCCCCCCCCCC(CCCCCCCCCC)Cc1cc(-c2cc3c(cc(-c4cc(CC(CCCCCCCCCC)CCCCCCCCCCCC)c(-c5cc(F)c(-c6[c-]cc(-c7cc(C(=O)OC)c(-c8cc(F)c(-c9[c-]cc(C)s9)s8)s7)s6)s5)s4)c4nsnc43)c3nsnc23)sc1C.[Y].[Y]. The molecule has 2 aromatic carbocycles. The van der Waals surface area contributed by atoms with E-state index >= 15 is 8.78 Å². The third kappa shape index (κ3) is 25.9. The zero-order valence-electron chi connectivity index (χ0n) is 66.2. The van der Waals surface area contributed by atoms with Crippen LogP contribution in [-0.2, 0) is 83.0 Å². The first kappa shape index (κ1) is 90.7. The number of nitrogens with zero attached hydrogens (tertiary/aromatic N) is 4. The molecular weight excluding hydrogens is 1670 g/mol. The fourth-order valence-corrected chi connectivity index (χ4v) is 24.7. The van der Waals surface area contributed by atoms with Crippen molar-refractivity contribution in [1.29, 1.82) is 0 Å². The average molecular weight is 1790 g/mol. The van der Waals surface area contributed by atoms with Crippen LogP contribution in [0.5, 0.6) is 0 Å². The minimum atomic E-state index is -0.492. The summed E-state index contributed by atoms with van der Waals surface area (Å²) < 4.78 is 58.9. The summed E-state index contributed by atoms with van der Waals surface area (Å²) in [6.45, 7) is 13.5. The van der Waals surface area contributed by atoms with Gasteiger partial charge in [-0.3, -0.25) is 0 Å². The van der Waals surface area contributed by atoms with E-state index in [0.717, 1.165) is 90.9 Å². The molecule has 2 unspecified atom stereocenters. The van der Waals surface area contributed by atoms with Crippen molar-refractivity contribution >= 4 is 142 Å². The molecule has 109 heavy (non-hydrogen) atoms. The van der Waals surface area contributed by atoms with E-state index in [1.54, 1.807) is 17.4 Å². The van der Waals surface area contributed by atoms with Gasteiger partial charge in [-0.25, -0.2) is 36.2 Å². The van der Waals surface area contributed by atoms with Gasteiger partial charge in [0, 0.05) is 117 Å². The van der Waals surface area contributed by atoms with Crippen LogP contribution in [0.2, 0.25) is 0 Å². The van der Waals surface area contributed by atoms with E-state index in [2.05, 4.69) is 71.0 Å². The van der Waals surface area contributed by atoms with Crippen LogP contribution in [0.4, 0.5) is 8.78 Å². The first-order chi connectivity index (χ1) is 52.5. The quantitative estimate of drug-likeness (QED) is 0.0215. The normalized spacial score (nSPS) is 12.3. The number of ether oxygens (including phenoxy) is 1. The zero-order chi connectivity index (χ0) is 74.7. The molecule has 2 atom stereocenters. The number of halogens is 2. The Morgan fingerprint density at radius 2 is 0.752 bits per heavy atom. The van der Waals surface area contributed by atoms with Crippen molar-refractivity contribution in [3.05, 3.63) is 105 Å². The van der Waals surface area contributed by atoms with Gasteiger partial charge in [0.1, 0.15) is 22.1 Å². The van der Waals surface area contributed by atoms with E-state index in [-0.39, 0.29) is 77.1 Å². The van der Waals surface area contributed by atoms with Crippen molar-refractivity contribution in [1.82, 2.24) is 17.5 Å². The molecule has 0 fully saturated rings. The zero-order valence-corrected chi connectivity index (χ0v) is 79.3. The second-order valence-corrected chi connectivity index (χ2v) is 39.3. The van der Waals surface area contributed by atoms with Gasteiger partial charge in [-0.2, -0.15) is 64.4 Å². The summed E-state index contributed by atoms with van der Waals surface area (Å²) in [5, 5.41) is 2.10. The largest absolute Gasteiger partial charge is 0.465 e. The van der Waals surface area contributed by atoms with Gasteiger partial charge in [-0.05, 0) is 99.8 Å². The molecule has 584 valence electrons. The third-order valence-corrected chi connectivity index (χ3v) is 31.6. The number of unbranched alkanes of at least 4 members (excludes halogenated alkanes) is 32. The molecule has 9 heterocycles. The van der Waals surface area contributed by atoms with E-state index in [9.17, 15) is 4.79 Å². The van der Waals surface area contributed by atoms with Crippen LogP contribution < -0.4 is 0 Å². The van der Waals surface area contributed by atoms with Gasteiger partial charge in [0.25, 0.3) is 0 Å². The molecule has 0 N–H and O–H groups in total. The Morgan fingerprint density at radius 3 is 1.18 bits per heavy atom. The molecule has 11 aromatic rings. The maximum Gasteiger partial charge on any atom is 0.339 e. The summed E-state index contributed by atoms with van der Waals surface area (Å²) in [4.78, 5) is 25.7. The van der Waals surface area contributed by atoms with Gasteiger partial charge in [0.15, 0.2) is 0 Å². The van der Waals surface area contributed by atoms with Crippen molar-refractivity contribution in [2.24, 2.45) is 11.8 Å². The van der Waals surface area contributed by atoms with E-state index in [1.165, 1.54) is 371 Å². The van der Waals surface area contributed by atoms with Crippen molar-refractivity contribution in [3.63, 3.8) is 0 Å². The molecule has 0 spiro atoms. The molecule has 0 aliphatic rings. The summed E-state index contributed by atoms with van der Waals surface area (Å²) in [6, 6.07) is 25.1. The van der Waals surface area contributed by atoms with E-state index in [4.69, 9.17) is 22.2 Å². The standard InChI is InChI=1S/C90H116F2N4O2S9.2Y/c1-8-12-16-20-24-28-30-34-38-41-45-63(44-40-36-32-26-22-18-14-10-3)52-65-54-77(100-62(65)6)69-56-67-68(82-84(69)95-106-93-82)57-70(85-83(67)94-107-96-85)78-55-66(53-64(46-42-37-33-27-23-19-15-11-4)47-43-39-35-31-29-25-21-17-13-9-2)86(102-78)80-59-72(91)89(104-80)76-51-50-74(101-76)79-58-71(90(97)98-7)87(103-79)81-60-73(92)88(105-81)75-49-48-61(5)99-75;;/h48,50,54-60,63-64H,8-47,52-53H2,1-7H3;;/q-2;;. The van der Waals surface area contributed by atoms with Gasteiger partial charge in [-0.15, -0.1) is 34.0 Å². The number of carbonyl (C=O) groups excluding carboxylic acids is 1. The second kappa shape index (κ2) is 48.5. The van der Waals surface area contributed by atoms with E-state index in [1.807, 2.05) is 36.5 Å². The molecule has 9 aromatic heterocycles. The van der Waals surface area contributed by atoms with E-state index < -0.39 is 5.97 Å². The molecule has 0 aliphatic heterocycles. The Kier molecular flexibility index (Phi) is 40.3. The molecule has 6 nitrogen and oxygen atoms in total. The van der Waals surface area contributed by atoms with Gasteiger partial charge < -0.3 is 4.74 Å². The van der Waals surface area contributed by atoms with Crippen molar-refractivity contribution in [3.8, 4) is 69.7 Å². The monoisotopic (exact) mass is 1790 g/mol. The maximum atomic E-state index is 17.2. The number of hydrogen-bond donors (Lipinski definition) is 0. The number of esters is 1. The molecule has 2 radical (unpaired) electrons. The smallest absolute Gasteiger partial charge is 0.339 e. The fraction of sp³-hybridized carbons (Fsp3) is 0.567. The van der Waals surface area contributed by atoms with Crippen molar-refractivity contribution in [2.45, 2.75) is 311 Å². The Hall–Kier alpha value is -2.22. The number of rotatable bonds is 52. The molecule has 0 saturated carbocycles. The number of aromatic nitrogens is 4. The molecular formula is C90H116F2N4O2S9Y2-2. The topological polar surface area (TPSA) is 77.9 Å². The number of thiophene rings is 7. The number of aryl methyl sites for hydroxylation is 2. The number of benzene rings is 2. The summed E-state index contributed by atoms with van der Waals surface area (Å²) in [6.07, 6.45) is 55.2. The number of fused-ring (bicyclic) bond motifs is 5. The van der Waals surface area contributed by atoms with Gasteiger partial charge in [-0.1, -0.05) is 311 Å². The van der Waals surface area contributed by atoms with Crippen LogP contribution in [-0.4, -0.2) is 30.6 Å². The van der Waals surface area contributed by atoms with Crippen LogP contribution >= 0.6 is 103 Å². The molecule has 0 saturated heterocycles. The van der Waals surface area contributed by atoms with Gasteiger partial charge >= 0.3 is 5.97 Å². The molecule has 0 amide bonds. The summed E-state index contributed by atoms with van der Waals surface area (Å²) >= 11 is 13.4. The van der Waals surface area contributed by atoms with Crippen molar-refractivity contribution < 1.29 is 83.7 Å². The Labute approximate surface area is 738 Å². The van der Waals surface area contributed by atoms with Gasteiger partial charge in [0.2, 0.25) is 0 Å². The average Bonchev–Trinajstić information content (AvgIpc) is 1.57. The molecule has 0 bridgehead atoms. The number of carbonyl (C=O) groups is 1. The van der Waals surface area contributed by atoms with E-state index in [0.29, 0.717) is 41.8 Å². The van der Waals surface area contributed by atoms with Crippen molar-refractivity contribution in [2.75, 3.05) is 7.11 Å². The van der Waals surface area contributed by atoms with Crippen LogP contribution in [0.15, 0.2) is 54.6 Å². The van der Waals surface area contributed by atoms with Crippen LogP contribution in [0.1, 0.15) is 316 Å². The summed E-state index contributed by atoms with van der Waals surface area (Å²) in [5.74, 6) is 0.0732. The van der Waals surface area contributed by atoms with Crippen LogP contribution in [0, 0.1) is 49.5 Å². The first-order valence-electron chi connectivity index (χ1n) is 41.4. The molecule has 0 aliphatic carbocycles. The minimum Gasteiger partial charge on any atom is -0.465 e. The third-order valence-electron chi connectivity index (χ3n) is 21.9. The Morgan fingerprint density at radius 1 is 0.385 bits per heavy atom. The predicted molar refractivity (Wildman–Crippen MR) is 469 cm³/mol. The number of methoxy groups -OCH3 is 1. The first-order valence-corrected chi connectivity index (χ1v) is 48.5. The molecule has 19 heteroatoms.